The van der Waals surface area contributed by atoms with Crippen molar-refractivity contribution in [3.05, 3.63) is 122 Å². The highest BCUT2D eigenvalue weighted by molar-refractivity contribution is 8.00. The van der Waals surface area contributed by atoms with Crippen LogP contribution in [0, 0.1) is 22.7 Å². The molecule has 8 aromatic rings. The number of hydrogen-bond donors (Lipinski definition) is 8. The molecule has 2 aliphatic rings. The molecule has 69 heavy (non-hydrogen) atoms. The van der Waals surface area contributed by atoms with Gasteiger partial charge in [0.2, 0.25) is 0 Å². The largest absolute Gasteiger partial charge is 0.361 e. The average molecular weight is 963 g/mol. The van der Waals surface area contributed by atoms with Crippen LogP contribution in [-0.4, -0.2) is 65.8 Å². The van der Waals surface area contributed by atoms with Gasteiger partial charge in [-0.1, -0.05) is 94.5 Å². The van der Waals surface area contributed by atoms with E-state index in [0.29, 0.717) is 11.8 Å². The molecule has 0 radical (unpaired) electrons. The Labute approximate surface area is 414 Å². The fraction of sp³-hybridized carbons (Fsp3) is 0.321. The standard InChI is InChI=1S/2C24H26N6S.C3H8.2CH3N/c2*25-24(16-5-1-2-6-16)31-15-28-23-10-9-20-21(30-23)11-18(13-27-20)29-22-14-26-12-17-7-3-4-8-19(17)22;1-3-2;2*1-2/h2*3-4,7-14,16,24,29H,1-2,5-6,15,25H2,(H,28,30);3H2,1-2H3;2*2H,1H2. The molecule has 2 aliphatic carbocycles. The van der Waals surface area contributed by atoms with E-state index in [0.717, 1.165) is 89.8 Å². The predicted molar refractivity (Wildman–Crippen MR) is 297 cm³/mol. The molecule has 6 heterocycles. The monoisotopic (exact) mass is 963 g/mol. The molecule has 16 heteroatoms. The van der Waals surface area contributed by atoms with Gasteiger partial charge in [0.05, 0.1) is 92.1 Å². The minimum atomic E-state index is 0.197. The number of pyridine rings is 6. The molecule has 0 aliphatic heterocycles. The Hall–Kier alpha value is -6.46. The summed E-state index contributed by atoms with van der Waals surface area (Å²) in [6, 6.07) is 28.4. The number of rotatable bonds is 14. The number of anilines is 6. The summed E-state index contributed by atoms with van der Waals surface area (Å²) < 4.78 is 0. The van der Waals surface area contributed by atoms with Gasteiger partial charge in [-0.2, -0.15) is 0 Å². The number of nitrogens with two attached hydrogens (primary N) is 2. The molecule has 2 fully saturated rings. The van der Waals surface area contributed by atoms with E-state index in [9.17, 15) is 0 Å². The molecule has 2 atom stereocenters. The summed E-state index contributed by atoms with van der Waals surface area (Å²) in [7, 11) is 0. The Morgan fingerprint density at radius 1 is 0.551 bits per heavy atom. The fourth-order valence-electron chi connectivity index (χ4n) is 8.36. The summed E-state index contributed by atoms with van der Waals surface area (Å²) in [4.78, 5) is 27.3. The lowest BCUT2D eigenvalue weighted by Gasteiger charge is -2.18. The topological polar surface area (TPSA) is 225 Å². The van der Waals surface area contributed by atoms with Gasteiger partial charge in [0, 0.05) is 33.9 Å². The van der Waals surface area contributed by atoms with E-state index in [1.807, 2.05) is 97.8 Å². The SMILES string of the molecule is C=N.C=N.CCC.NC(SCNc1ccc2ncc(Nc3cncc4ccccc34)cc2n1)C1CCCC1.NC(SCNc1ccc2ncc(Nc3cncc4ccccc34)cc2n1)C1CCCC1. The van der Waals surface area contributed by atoms with Crippen molar-refractivity contribution in [3.63, 3.8) is 0 Å². The first-order valence-electron chi connectivity index (χ1n) is 23.6. The van der Waals surface area contributed by atoms with Crippen LogP contribution in [0.4, 0.5) is 34.4 Å². The Bertz CT molecular complexity index is 2620. The smallest absolute Gasteiger partial charge is 0.127 e. The van der Waals surface area contributed by atoms with Crippen LogP contribution in [0.2, 0.25) is 0 Å². The van der Waals surface area contributed by atoms with E-state index < -0.39 is 0 Å². The summed E-state index contributed by atoms with van der Waals surface area (Å²) in [6.07, 6.45) is 22.6. The Kier molecular flexibility index (Phi) is 20.7. The van der Waals surface area contributed by atoms with Crippen molar-refractivity contribution in [3.8, 4) is 0 Å². The lowest BCUT2D eigenvalue weighted by Crippen LogP contribution is -2.26. The highest BCUT2D eigenvalue weighted by Gasteiger charge is 2.23. The van der Waals surface area contributed by atoms with Crippen molar-refractivity contribution in [1.29, 1.82) is 10.8 Å². The van der Waals surface area contributed by atoms with E-state index >= 15 is 0 Å². The van der Waals surface area contributed by atoms with Crippen LogP contribution in [0.1, 0.15) is 71.6 Å². The van der Waals surface area contributed by atoms with Crippen LogP contribution in [0.3, 0.4) is 0 Å². The lowest BCUT2D eigenvalue weighted by atomic mass is 10.1. The van der Waals surface area contributed by atoms with E-state index in [2.05, 4.69) is 92.8 Å². The first kappa shape index (κ1) is 51.9. The Morgan fingerprint density at radius 2 is 0.942 bits per heavy atom. The normalized spacial score (nSPS) is 14.2. The van der Waals surface area contributed by atoms with Crippen molar-refractivity contribution in [2.45, 2.75) is 82.4 Å². The summed E-state index contributed by atoms with van der Waals surface area (Å²) >= 11 is 3.54. The highest BCUT2D eigenvalue weighted by Crippen LogP contribution is 2.33. The minimum absolute atomic E-state index is 0.197. The number of nitrogens with zero attached hydrogens (tertiary/aromatic N) is 6. The van der Waals surface area contributed by atoms with Crippen molar-refractivity contribution in [2.75, 3.05) is 33.0 Å². The number of aromatic nitrogens is 6. The number of hydrogen-bond acceptors (Lipinski definition) is 16. The first-order chi connectivity index (χ1) is 33.9. The second-order valence-electron chi connectivity index (χ2n) is 16.7. The van der Waals surface area contributed by atoms with Crippen LogP contribution < -0.4 is 32.7 Å². The highest BCUT2D eigenvalue weighted by atomic mass is 32.2. The molecule has 6 aromatic heterocycles. The quantitative estimate of drug-likeness (QED) is 0.0375. The zero-order valence-electron chi connectivity index (χ0n) is 39.7. The molecule has 2 unspecified atom stereocenters. The molecule has 0 saturated heterocycles. The van der Waals surface area contributed by atoms with Crippen LogP contribution in [0.15, 0.2) is 122 Å². The zero-order chi connectivity index (χ0) is 48.8. The molecule has 0 bridgehead atoms. The predicted octanol–water partition coefficient (Wildman–Crippen LogP) is 12.9. The van der Waals surface area contributed by atoms with Crippen LogP contribution in [-0.2, 0) is 0 Å². The third kappa shape index (κ3) is 14.8. The van der Waals surface area contributed by atoms with Gasteiger partial charge in [-0.25, -0.2) is 9.97 Å². The van der Waals surface area contributed by atoms with Crippen LogP contribution in [0.25, 0.3) is 43.6 Å². The number of fused-ring (bicyclic) bond motifs is 4. The van der Waals surface area contributed by atoms with E-state index in [4.69, 9.17) is 32.3 Å². The van der Waals surface area contributed by atoms with Gasteiger partial charge in [0.1, 0.15) is 11.6 Å². The number of benzene rings is 2. The Morgan fingerprint density at radius 3 is 1.35 bits per heavy atom. The Balaban J connectivity index is 0.000000201. The molecular weight excluding hydrogens is 897 g/mol. The van der Waals surface area contributed by atoms with Gasteiger partial charge in [-0.05, 0) is 87.4 Å². The second kappa shape index (κ2) is 27.5. The van der Waals surface area contributed by atoms with Gasteiger partial charge in [0.15, 0.2) is 0 Å². The fourth-order valence-corrected chi connectivity index (χ4v) is 10.3. The molecular formula is C53H66N14S2. The molecule has 0 spiro atoms. The van der Waals surface area contributed by atoms with E-state index in [-0.39, 0.29) is 10.7 Å². The van der Waals surface area contributed by atoms with Crippen LogP contribution in [0.5, 0.6) is 0 Å². The van der Waals surface area contributed by atoms with Crippen molar-refractivity contribution < 1.29 is 0 Å². The third-order valence-corrected chi connectivity index (χ3v) is 13.9. The lowest BCUT2D eigenvalue weighted by molar-refractivity contribution is 0.531. The average Bonchev–Trinajstić information content (AvgIpc) is 4.15. The molecule has 2 saturated carbocycles. The number of thioether (sulfide) groups is 2. The van der Waals surface area contributed by atoms with Crippen molar-refractivity contribution in [2.24, 2.45) is 23.3 Å². The molecule has 14 nitrogen and oxygen atoms in total. The van der Waals surface area contributed by atoms with Gasteiger partial charge < -0.3 is 43.6 Å². The van der Waals surface area contributed by atoms with Crippen molar-refractivity contribution >= 4 is 115 Å². The summed E-state index contributed by atoms with van der Waals surface area (Å²) in [5.74, 6) is 4.48. The minimum Gasteiger partial charge on any atom is -0.361 e. The van der Waals surface area contributed by atoms with Gasteiger partial charge in [-0.15, -0.1) is 23.5 Å². The maximum absolute atomic E-state index is 6.35. The third-order valence-electron chi connectivity index (χ3n) is 11.8. The maximum atomic E-state index is 6.35. The molecule has 2 aromatic carbocycles. The van der Waals surface area contributed by atoms with Gasteiger partial charge >= 0.3 is 0 Å². The van der Waals surface area contributed by atoms with Gasteiger partial charge in [-0.3, -0.25) is 19.9 Å². The molecule has 10 N–H and O–H groups in total. The van der Waals surface area contributed by atoms with E-state index in [1.165, 1.54) is 57.8 Å². The second-order valence-corrected chi connectivity index (χ2v) is 19.0. The van der Waals surface area contributed by atoms with Gasteiger partial charge in [0.25, 0.3) is 0 Å². The molecule has 360 valence electrons. The zero-order valence-corrected chi connectivity index (χ0v) is 41.3. The molecule has 10 rings (SSSR count). The van der Waals surface area contributed by atoms with Crippen molar-refractivity contribution in [1.82, 2.24) is 29.9 Å². The van der Waals surface area contributed by atoms with E-state index in [1.54, 1.807) is 23.5 Å². The maximum Gasteiger partial charge on any atom is 0.127 e. The number of nitrogens with one attached hydrogen (secondary N) is 6. The first-order valence-corrected chi connectivity index (χ1v) is 25.7. The molecule has 0 amide bonds. The van der Waals surface area contributed by atoms with Crippen LogP contribution >= 0.6 is 23.5 Å². The summed E-state index contributed by atoms with van der Waals surface area (Å²) in [5, 5.41) is 29.5. The summed E-state index contributed by atoms with van der Waals surface area (Å²) in [5.41, 5.74) is 19.8. The summed E-state index contributed by atoms with van der Waals surface area (Å²) in [6.45, 7) is 9.25.